The molecule has 0 radical (unpaired) electrons. The lowest BCUT2D eigenvalue weighted by Crippen LogP contribution is -2.43. The van der Waals surface area contributed by atoms with E-state index in [2.05, 4.69) is 10.2 Å². The van der Waals surface area contributed by atoms with Crippen LogP contribution in [-0.2, 0) is 0 Å². The second-order valence-corrected chi connectivity index (χ2v) is 7.62. The lowest BCUT2D eigenvalue weighted by atomic mass is 9.93. The third kappa shape index (κ3) is 3.24. The molecule has 0 unspecified atom stereocenters. The summed E-state index contributed by atoms with van der Waals surface area (Å²) in [5.41, 5.74) is 2.66. The van der Waals surface area contributed by atoms with E-state index in [1.54, 1.807) is 4.90 Å². The molecule has 1 heterocycles. The molecule has 5 nitrogen and oxygen atoms in total. The molecule has 3 amide bonds. The third-order valence-corrected chi connectivity index (χ3v) is 5.73. The van der Waals surface area contributed by atoms with E-state index in [0.29, 0.717) is 25.2 Å². The van der Waals surface area contributed by atoms with E-state index < -0.39 is 0 Å². The molecular weight excluding hydrogens is 314 g/mol. The van der Waals surface area contributed by atoms with Gasteiger partial charge < -0.3 is 10.2 Å². The molecule has 134 valence electrons. The second-order valence-electron chi connectivity index (χ2n) is 7.62. The minimum Gasteiger partial charge on any atom is -0.336 e. The van der Waals surface area contributed by atoms with Crippen molar-refractivity contribution in [3.63, 3.8) is 0 Å². The van der Waals surface area contributed by atoms with Crippen LogP contribution in [0.4, 0.5) is 10.5 Å². The topological polar surface area (TPSA) is 52.7 Å². The fourth-order valence-electron chi connectivity index (χ4n) is 4.28. The minimum absolute atomic E-state index is 0.0519. The Labute approximate surface area is 149 Å². The number of hydrogen-bond acceptors (Lipinski definition) is 2. The van der Waals surface area contributed by atoms with Gasteiger partial charge in [0, 0.05) is 36.4 Å². The summed E-state index contributed by atoms with van der Waals surface area (Å²) in [6.07, 6.45) is 8.36. The van der Waals surface area contributed by atoms with Gasteiger partial charge in [-0.05, 0) is 56.4 Å². The Morgan fingerprint density at radius 3 is 2.44 bits per heavy atom. The highest BCUT2D eigenvalue weighted by molar-refractivity contribution is 5.98. The van der Waals surface area contributed by atoms with Gasteiger partial charge in [0.1, 0.15) is 0 Å². The van der Waals surface area contributed by atoms with Crippen LogP contribution in [0.15, 0.2) is 18.2 Å². The Kier molecular flexibility index (Phi) is 4.40. The highest BCUT2D eigenvalue weighted by Gasteiger charge is 2.38. The van der Waals surface area contributed by atoms with E-state index in [1.807, 2.05) is 25.1 Å². The molecule has 1 saturated heterocycles. The van der Waals surface area contributed by atoms with Crippen LogP contribution in [0.1, 0.15) is 60.9 Å². The van der Waals surface area contributed by atoms with Crippen molar-refractivity contribution in [1.29, 1.82) is 0 Å². The molecule has 0 bridgehead atoms. The Morgan fingerprint density at radius 2 is 1.84 bits per heavy atom. The van der Waals surface area contributed by atoms with Gasteiger partial charge in [-0.15, -0.1) is 0 Å². The molecule has 3 aliphatic rings. The van der Waals surface area contributed by atoms with Crippen LogP contribution in [0.5, 0.6) is 0 Å². The van der Waals surface area contributed by atoms with Crippen LogP contribution in [-0.4, -0.2) is 42.0 Å². The van der Waals surface area contributed by atoms with E-state index in [9.17, 15) is 9.59 Å². The molecule has 5 heteroatoms. The summed E-state index contributed by atoms with van der Waals surface area (Å²) >= 11 is 0. The fourth-order valence-corrected chi connectivity index (χ4v) is 4.28. The number of anilines is 1. The highest BCUT2D eigenvalue weighted by Crippen LogP contribution is 2.35. The maximum absolute atomic E-state index is 13.2. The van der Waals surface area contributed by atoms with Crippen LogP contribution in [0.2, 0.25) is 0 Å². The summed E-state index contributed by atoms with van der Waals surface area (Å²) in [6.45, 7) is 3.35. The summed E-state index contributed by atoms with van der Waals surface area (Å²) in [7, 11) is 0. The quantitative estimate of drug-likeness (QED) is 0.912. The summed E-state index contributed by atoms with van der Waals surface area (Å²) < 4.78 is 0. The van der Waals surface area contributed by atoms with Crippen molar-refractivity contribution < 1.29 is 9.59 Å². The normalized spacial score (nSPS) is 21.3. The maximum Gasteiger partial charge on any atom is 0.322 e. The van der Waals surface area contributed by atoms with Crippen molar-refractivity contribution in [2.75, 3.05) is 18.0 Å². The molecule has 2 aliphatic carbocycles. The number of hydrogen-bond donors (Lipinski definition) is 1. The van der Waals surface area contributed by atoms with Crippen molar-refractivity contribution in [1.82, 2.24) is 10.2 Å². The number of nitrogens with one attached hydrogen (secondary N) is 1. The molecule has 0 atom stereocenters. The molecule has 1 aliphatic heterocycles. The van der Waals surface area contributed by atoms with Gasteiger partial charge in [0.05, 0.1) is 0 Å². The molecule has 0 aromatic heterocycles. The molecule has 4 rings (SSSR count). The van der Waals surface area contributed by atoms with Crippen molar-refractivity contribution in [2.45, 2.75) is 64.0 Å². The maximum atomic E-state index is 13.2. The first-order valence-corrected chi connectivity index (χ1v) is 9.64. The van der Waals surface area contributed by atoms with Crippen LogP contribution in [0.25, 0.3) is 0 Å². The van der Waals surface area contributed by atoms with Crippen LogP contribution < -0.4 is 10.2 Å². The number of rotatable bonds is 4. The average Bonchev–Trinajstić information content (AvgIpc) is 3.36. The zero-order chi connectivity index (χ0) is 17.4. The molecule has 1 aromatic rings. The molecule has 1 aromatic carbocycles. The third-order valence-electron chi connectivity index (χ3n) is 5.73. The lowest BCUT2D eigenvalue weighted by molar-refractivity contribution is 0.0614. The Bertz CT molecular complexity index is 678. The predicted octanol–water partition coefficient (Wildman–Crippen LogP) is 3.46. The van der Waals surface area contributed by atoms with E-state index in [4.69, 9.17) is 0 Å². The van der Waals surface area contributed by atoms with Gasteiger partial charge in [-0.25, -0.2) is 4.79 Å². The van der Waals surface area contributed by atoms with E-state index in [0.717, 1.165) is 42.5 Å². The van der Waals surface area contributed by atoms with Crippen molar-refractivity contribution in [2.24, 2.45) is 0 Å². The summed E-state index contributed by atoms with van der Waals surface area (Å²) in [6, 6.07) is 6.59. The lowest BCUT2D eigenvalue weighted by Gasteiger charge is -2.35. The molecular formula is C20H27N3O2. The fraction of sp³-hybridized carbons (Fsp3) is 0.600. The molecule has 3 fully saturated rings. The zero-order valence-corrected chi connectivity index (χ0v) is 15.0. The van der Waals surface area contributed by atoms with Crippen LogP contribution >= 0.6 is 0 Å². The summed E-state index contributed by atoms with van der Waals surface area (Å²) in [5.74, 6) is 0.176. The largest absolute Gasteiger partial charge is 0.336 e. The van der Waals surface area contributed by atoms with Crippen LogP contribution in [0.3, 0.4) is 0 Å². The van der Waals surface area contributed by atoms with Gasteiger partial charge in [0.2, 0.25) is 0 Å². The zero-order valence-electron chi connectivity index (χ0n) is 15.0. The Balaban J connectivity index is 1.56. The Hall–Kier alpha value is -2.04. The number of carbonyl (C=O) groups is 2. The average molecular weight is 341 g/mol. The number of aryl methyl sites for hydroxylation is 1. The van der Waals surface area contributed by atoms with Gasteiger partial charge in [-0.2, -0.15) is 0 Å². The van der Waals surface area contributed by atoms with Gasteiger partial charge in [0.25, 0.3) is 5.91 Å². The first-order valence-electron chi connectivity index (χ1n) is 9.64. The van der Waals surface area contributed by atoms with Crippen LogP contribution in [0, 0.1) is 6.92 Å². The SMILES string of the molecule is Cc1cc(C(=O)N(C2CCCCC2)C2CC2)ccc1N1CCNC1=O. The number of nitrogens with zero attached hydrogens (tertiary/aromatic N) is 2. The van der Waals surface area contributed by atoms with E-state index >= 15 is 0 Å². The standard InChI is InChI=1S/C20H27N3O2/c1-14-13-15(7-10-18(14)22-12-11-21-20(22)25)19(24)23(17-8-9-17)16-5-3-2-4-6-16/h7,10,13,16-17H,2-6,8-9,11-12H2,1H3,(H,21,25). The highest BCUT2D eigenvalue weighted by atomic mass is 16.2. The molecule has 0 spiro atoms. The summed E-state index contributed by atoms with van der Waals surface area (Å²) in [5, 5.41) is 2.83. The first-order chi connectivity index (χ1) is 12.1. The number of benzene rings is 1. The first kappa shape index (κ1) is 16.4. The van der Waals surface area contributed by atoms with Gasteiger partial charge in [-0.3, -0.25) is 9.69 Å². The molecule has 25 heavy (non-hydrogen) atoms. The van der Waals surface area contributed by atoms with Gasteiger partial charge >= 0.3 is 6.03 Å². The number of carbonyl (C=O) groups excluding carboxylic acids is 2. The number of amides is 3. The van der Waals surface area contributed by atoms with E-state index in [-0.39, 0.29) is 11.9 Å². The van der Waals surface area contributed by atoms with Crippen molar-refractivity contribution >= 4 is 17.6 Å². The predicted molar refractivity (Wildman–Crippen MR) is 98.0 cm³/mol. The monoisotopic (exact) mass is 341 g/mol. The van der Waals surface area contributed by atoms with Crippen molar-refractivity contribution in [3.8, 4) is 0 Å². The van der Waals surface area contributed by atoms with Gasteiger partial charge in [0.15, 0.2) is 0 Å². The van der Waals surface area contributed by atoms with Gasteiger partial charge in [-0.1, -0.05) is 19.3 Å². The second kappa shape index (κ2) is 6.70. The van der Waals surface area contributed by atoms with Crippen molar-refractivity contribution in [3.05, 3.63) is 29.3 Å². The summed E-state index contributed by atoms with van der Waals surface area (Å²) in [4.78, 5) is 29.0. The number of urea groups is 1. The molecule has 1 N–H and O–H groups in total. The Morgan fingerprint density at radius 1 is 1.12 bits per heavy atom. The van der Waals surface area contributed by atoms with E-state index in [1.165, 1.54) is 19.3 Å². The smallest absolute Gasteiger partial charge is 0.322 e. The minimum atomic E-state index is -0.0519. The molecule has 2 saturated carbocycles.